The average molecular weight is 382 g/mol. The van der Waals surface area contributed by atoms with Gasteiger partial charge in [0.2, 0.25) is 0 Å². The third-order valence-electron chi connectivity index (χ3n) is 5.00. The van der Waals surface area contributed by atoms with E-state index in [0.29, 0.717) is 23.2 Å². The minimum Gasteiger partial charge on any atom is -0.309 e. The molecule has 0 spiro atoms. The average Bonchev–Trinajstić information content (AvgIpc) is 3.16. The summed E-state index contributed by atoms with van der Waals surface area (Å²) < 4.78 is 3.35. The molecule has 0 saturated carbocycles. The Morgan fingerprint density at radius 1 is 1.00 bits per heavy atom. The lowest BCUT2D eigenvalue weighted by molar-refractivity contribution is 0.757. The topological polar surface area (TPSA) is 78.0 Å². The molecule has 29 heavy (non-hydrogen) atoms. The van der Waals surface area contributed by atoms with Crippen molar-refractivity contribution in [3.8, 4) is 11.1 Å². The highest BCUT2D eigenvalue weighted by Crippen LogP contribution is 2.28. The van der Waals surface area contributed by atoms with Crippen LogP contribution in [0.1, 0.15) is 18.2 Å². The fourth-order valence-electron chi connectivity index (χ4n) is 3.59. The van der Waals surface area contributed by atoms with Crippen molar-refractivity contribution in [1.29, 1.82) is 0 Å². The van der Waals surface area contributed by atoms with Gasteiger partial charge in [-0.25, -0.2) is 4.52 Å². The lowest BCUT2D eigenvalue weighted by Crippen LogP contribution is -2.22. The maximum Gasteiger partial charge on any atom is 0.280 e. The van der Waals surface area contributed by atoms with Crippen LogP contribution in [0.25, 0.3) is 27.8 Å². The Morgan fingerprint density at radius 3 is 2.62 bits per heavy atom. The number of pyridine rings is 2. The summed E-state index contributed by atoms with van der Waals surface area (Å²) in [5.74, 6) is 0. The molecule has 0 radical (unpaired) electrons. The quantitative estimate of drug-likeness (QED) is 0.477. The summed E-state index contributed by atoms with van der Waals surface area (Å²) >= 11 is 0. The first-order chi connectivity index (χ1) is 14.3. The fraction of sp³-hybridized carbons (Fsp3) is 0.136. The summed E-state index contributed by atoms with van der Waals surface area (Å²) in [6, 6.07) is 15.7. The van der Waals surface area contributed by atoms with Gasteiger partial charge in [0, 0.05) is 18.6 Å². The van der Waals surface area contributed by atoms with Gasteiger partial charge >= 0.3 is 0 Å². The van der Waals surface area contributed by atoms with Gasteiger partial charge in [-0.1, -0.05) is 43.3 Å². The second-order valence-electron chi connectivity index (χ2n) is 6.82. The Morgan fingerprint density at radius 2 is 1.86 bits per heavy atom. The minimum atomic E-state index is -0.199. The second-order valence-corrected chi connectivity index (χ2v) is 6.82. The molecule has 0 atom stereocenters. The first kappa shape index (κ1) is 17.2. The number of hydrogen-bond acceptors (Lipinski definition) is 5. The van der Waals surface area contributed by atoms with Gasteiger partial charge in [-0.05, 0) is 29.7 Å². The van der Waals surface area contributed by atoms with Crippen LogP contribution in [-0.2, 0) is 13.0 Å². The third kappa shape index (κ3) is 2.87. The van der Waals surface area contributed by atoms with E-state index in [-0.39, 0.29) is 5.56 Å². The Hall–Kier alpha value is -3.87. The van der Waals surface area contributed by atoms with E-state index in [0.717, 1.165) is 28.8 Å². The number of aromatic nitrogens is 6. The largest absolute Gasteiger partial charge is 0.309 e. The van der Waals surface area contributed by atoms with Crippen molar-refractivity contribution in [2.45, 2.75) is 19.9 Å². The Balaban J connectivity index is 1.71. The van der Waals surface area contributed by atoms with Crippen molar-refractivity contribution in [1.82, 2.24) is 29.4 Å². The van der Waals surface area contributed by atoms with E-state index < -0.39 is 0 Å². The molecule has 0 saturated heterocycles. The van der Waals surface area contributed by atoms with Gasteiger partial charge < -0.3 is 4.57 Å². The van der Waals surface area contributed by atoms with Crippen molar-refractivity contribution in [2.24, 2.45) is 0 Å². The fourth-order valence-corrected chi connectivity index (χ4v) is 3.59. The standard InChI is InChI=1S/C22H18N6O/c1-2-17-19(16-8-4-3-5-9-16)21-25-24-20-18(28(21)26-17)10-12-27(22(20)29)14-15-7-6-11-23-13-15/h3-13H,2,14H2,1H3. The highest BCUT2D eigenvalue weighted by molar-refractivity contribution is 5.84. The maximum atomic E-state index is 13.0. The van der Waals surface area contributed by atoms with E-state index in [1.807, 2.05) is 48.5 Å². The molecule has 5 aromatic rings. The van der Waals surface area contributed by atoms with Gasteiger partial charge in [0.25, 0.3) is 5.56 Å². The smallest absolute Gasteiger partial charge is 0.280 e. The molecule has 0 aliphatic heterocycles. The summed E-state index contributed by atoms with van der Waals surface area (Å²) in [6.07, 6.45) is 5.99. The van der Waals surface area contributed by atoms with Crippen molar-refractivity contribution >= 4 is 16.7 Å². The zero-order valence-corrected chi connectivity index (χ0v) is 15.9. The zero-order valence-electron chi connectivity index (χ0n) is 15.9. The number of aryl methyl sites for hydroxylation is 1. The van der Waals surface area contributed by atoms with Gasteiger partial charge in [0.1, 0.15) is 5.52 Å². The lowest BCUT2D eigenvalue weighted by atomic mass is 10.0. The molecule has 0 N–H and O–H groups in total. The first-order valence-corrected chi connectivity index (χ1v) is 9.48. The maximum absolute atomic E-state index is 13.0. The van der Waals surface area contributed by atoms with Crippen LogP contribution in [-0.4, -0.2) is 29.4 Å². The monoisotopic (exact) mass is 382 g/mol. The second kappa shape index (κ2) is 6.94. The van der Waals surface area contributed by atoms with Gasteiger partial charge in [-0.2, -0.15) is 5.10 Å². The van der Waals surface area contributed by atoms with Crippen molar-refractivity contribution in [2.75, 3.05) is 0 Å². The van der Waals surface area contributed by atoms with Crippen molar-refractivity contribution < 1.29 is 0 Å². The molecule has 0 fully saturated rings. The third-order valence-corrected chi connectivity index (χ3v) is 5.00. The molecule has 7 heteroatoms. The van der Waals surface area contributed by atoms with Gasteiger partial charge in [-0.3, -0.25) is 9.78 Å². The number of nitrogens with zero attached hydrogens (tertiary/aromatic N) is 6. The number of hydrogen-bond donors (Lipinski definition) is 0. The SMILES string of the molecule is CCc1nn2c(nnc3c(=O)n(Cc4cccnc4)ccc32)c1-c1ccccc1. The number of benzene rings is 1. The van der Waals surface area contributed by atoms with Gasteiger partial charge in [0.15, 0.2) is 11.2 Å². The van der Waals surface area contributed by atoms with E-state index in [1.165, 1.54) is 0 Å². The molecule has 0 aliphatic rings. The Kier molecular flexibility index (Phi) is 4.13. The predicted octanol–water partition coefficient (Wildman–Crippen LogP) is 3.11. The van der Waals surface area contributed by atoms with Crippen molar-refractivity contribution in [3.05, 3.63) is 88.7 Å². The minimum absolute atomic E-state index is 0.199. The lowest BCUT2D eigenvalue weighted by Gasteiger charge is -2.07. The van der Waals surface area contributed by atoms with Crippen molar-refractivity contribution in [3.63, 3.8) is 0 Å². The van der Waals surface area contributed by atoms with Crippen LogP contribution < -0.4 is 5.56 Å². The van der Waals surface area contributed by atoms with Crippen LogP contribution in [0, 0.1) is 0 Å². The summed E-state index contributed by atoms with van der Waals surface area (Å²) in [7, 11) is 0. The van der Waals surface area contributed by atoms with E-state index in [9.17, 15) is 4.79 Å². The molecule has 0 amide bonds. The van der Waals surface area contributed by atoms with Gasteiger partial charge in [0.05, 0.1) is 17.8 Å². The van der Waals surface area contributed by atoms with E-state index in [4.69, 9.17) is 5.10 Å². The van der Waals surface area contributed by atoms with E-state index >= 15 is 0 Å². The highest BCUT2D eigenvalue weighted by atomic mass is 16.1. The van der Waals surface area contributed by atoms with Crippen LogP contribution in [0.4, 0.5) is 0 Å². The first-order valence-electron chi connectivity index (χ1n) is 9.48. The van der Waals surface area contributed by atoms with Gasteiger partial charge in [-0.15, -0.1) is 10.2 Å². The molecule has 4 heterocycles. The summed E-state index contributed by atoms with van der Waals surface area (Å²) in [5.41, 5.74) is 5.28. The molecule has 4 aromatic heterocycles. The predicted molar refractivity (Wildman–Crippen MR) is 111 cm³/mol. The highest BCUT2D eigenvalue weighted by Gasteiger charge is 2.18. The van der Waals surface area contributed by atoms with E-state index in [1.54, 1.807) is 27.7 Å². The molecule has 0 bridgehead atoms. The normalized spacial score (nSPS) is 11.3. The summed E-state index contributed by atoms with van der Waals surface area (Å²) in [4.78, 5) is 17.1. The van der Waals surface area contributed by atoms with E-state index in [2.05, 4.69) is 22.1 Å². The Labute approximate surface area is 166 Å². The molecular formula is C22H18N6O. The molecule has 142 valence electrons. The van der Waals surface area contributed by atoms with Crippen LogP contribution in [0.3, 0.4) is 0 Å². The van der Waals surface area contributed by atoms with Crippen LogP contribution >= 0.6 is 0 Å². The number of rotatable bonds is 4. The molecule has 0 unspecified atom stereocenters. The molecule has 7 nitrogen and oxygen atoms in total. The molecule has 1 aromatic carbocycles. The Bertz CT molecular complexity index is 1370. The van der Waals surface area contributed by atoms with Crippen LogP contribution in [0.2, 0.25) is 0 Å². The molecule has 5 rings (SSSR count). The van der Waals surface area contributed by atoms with Crippen LogP contribution in [0.15, 0.2) is 71.9 Å². The summed E-state index contributed by atoms with van der Waals surface area (Å²) in [6.45, 7) is 2.49. The molecule has 0 aliphatic carbocycles. The molecular weight excluding hydrogens is 364 g/mol. The number of fused-ring (bicyclic) bond motifs is 3. The summed E-state index contributed by atoms with van der Waals surface area (Å²) in [5, 5.41) is 13.4. The van der Waals surface area contributed by atoms with Crippen LogP contribution in [0.5, 0.6) is 0 Å². The zero-order chi connectivity index (χ0) is 19.8.